The Morgan fingerprint density at radius 3 is 2.85 bits per heavy atom. The minimum atomic E-state index is -3.74. The normalized spacial score (nSPS) is 18.4. The number of aryl methyl sites for hydroxylation is 2. The molecule has 1 unspecified atom stereocenters. The average molecular weight is 412 g/mol. The Morgan fingerprint density at radius 2 is 2.19 bits per heavy atom. The molecule has 0 bridgehead atoms. The number of sulfonamides is 1. The van der Waals surface area contributed by atoms with Crippen LogP contribution in [0.3, 0.4) is 0 Å². The number of carbonyl (C=O) groups is 1. The molecule has 7 nitrogen and oxygen atoms in total. The van der Waals surface area contributed by atoms with Crippen molar-refractivity contribution in [1.29, 1.82) is 0 Å². The molecule has 0 saturated carbocycles. The molecule has 2 heterocycles. The van der Waals surface area contributed by atoms with E-state index in [4.69, 9.17) is 16.1 Å². The van der Waals surface area contributed by atoms with E-state index in [1.165, 1.54) is 4.31 Å². The van der Waals surface area contributed by atoms with E-state index >= 15 is 0 Å². The van der Waals surface area contributed by atoms with E-state index in [2.05, 4.69) is 10.5 Å². The summed E-state index contributed by atoms with van der Waals surface area (Å²) in [7, 11) is -3.74. The van der Waals surface area contributed by atoms with Gasteiger partial charge in [0.25, 0.3) is 0 Å². The number of nitrogens with zero attached hydrogens (tertiary/aromatic N) is 2. The fourth-order valence-electron chi connectivity index (χ4n) is 3.33. The first-order valence-corrected chi connectivity index (χ1v) is 10.6. The largest absolute Gasteiger partial charge is 0.360 e. The van der Waals surface area contributed by atoms with E-state index in [1.54, 1.807) is 26.0 Å². The van der Waals surface area contributed by atoms with E-state index < -0.39 is 15.9 Å². The molecule has 0 spiro atoms. The third kappa shape index (κ3) is 4.34. The highest BCUT2D eigenvalue weighted by Gasteiger charge is 2.36. The van der Waals surface area contributed by atoms with Crippen molar-refractivity contribution in [1.82, 2.24) is 14.8 Å². The van der Waals surface area contributed by atoms with E-state index in [-0.39, 0.29) is 23.1 Å². The van der Waals surface area contributed by atoms with Gasteiger partial charge in [-0.25, -0.2) is 8.42 Å². The van der Waals surface area contributed by atoms with E-state index in [0.717, 1.165) is 5.56 Å². The highest BCUT2D eigenvalue weighted by atomic mass is 35.5. The molecule has 1 atom stereocenters. The van der Waals surface area contributed by atoms with Crippen LogP contribution in [0.25, 0.3) is 0 Å². The van der Waals surface area contributed by atoms with Gasteiger partial charge in [-0.1, -0.05) is 28.9 Å². The molecule has 1 aliphatic rings. The number of hydrogen-bond acceptors (Lipinski definition) is 5. The van der Waals surface area contributed by atoms with Crippen molar-refractivity contribution < 1.29 is 17.7 Å². The molecule has 0 radical (unpaired) electrons. The third-order valence-electron chi connectivity index (χ3n) is 4.68. The van der Waals surface area contributed by atoms with Crippen LogP contribution in [-0.4, -0.2) is 36.9 Å². The topological polar surface area (TPSA) is 92.5 Å². The van der Waals surface area contributed by atoms with Gasteiger partial charge >= 0.3 is 0 Å². The Bertz CT molecular complexity index is 922. The number of halogens is 1. The van der Waals surface area contributed by atoms with Crippen molar-refractivity contribution in [2.75, 3.05) is 13.1 Å². The van der Waals surface area contributed by atoms with Gasteiger partial charge in [0.15, 0.2) is 5.76 Å². The van der Waals surface area contributed by atoms with Crippen molar-refractivity contribution >= 4 is 27.5 Å². The van der Waals surface area contributed by atoms with Crippen molar-refractivity contribution in [2.24, 2.45) is 5.92 Å². The summed E-state index contributed by atoms with van der Waals surface area (Å²) < 4.78 is 32.3. The standard InChI is InChI=1S/C18H22ClN3O4S/c1-12-17(13(2)26-21-12)27(24,25)22-8-4-6-15(11-22)18(23)20-10-14-5-3-7-16(19)9-14/h3,5,7,9,15H,4,6,8,10-11H2,1-2H3,(H,20,23). The maximum atomic E-state index is 13.0. The molecule has 3 rings (SSSR count). The quantitative estimate of drug-likeness (QED) is 0.816. The number of rotatable bonds is 5. The SMILES string of the molecule is Cc1noc(C)c1S(=O)(=O)N1CCCC(C(=O)NCc2cccc(Cl)c2)C1. The molecule has 1 saturated heterocycles. The molecule has 1 aliphatic heterocycles. The molecule has 2 aromatic rings. The highest BCUT2D eigenvalue weighted by molar-refractivity contribution is 7.89. The van der Waals surface area contributed by atoms with Gasteiger partial charge in [-0.05, 0) is 44.4 Å². The number of hydrogen-bond donors (Lipinski definition) is 1. The zero-order chi connectivity index (χ0) is 19.6. The van der Waals surface area contributed by atoms with Crippen LogP contribution < -0.4 is 5.32 Å². The Balaban J connectivity index is 1.67. The van der Waals surface area contributed by atoms with Crippen molar-refractivity contribution in [2.45, 2.75) is 38.1 Å². The summed E-state index contributed by atoms with van der Waals surface area (Å²) in [6.45, 7) is 4.05. The second-order valence-corrected chi connectivity index (χ2v) is 9.01. The van der Waals surface area contributed by atoms with Crippen LogP contribution in [0, 0.1) is 19.8 Å². The Morgan fingerprint density at radius 1 is 1.41 bits per heavy atom. The molecule has 1 amide bonds. The molecular weight excluding hydrogens is 390 g/mol. The first-order chi connectivity index (χ1) is 12.8. The van der Waals surface area contributed by atoms with Gasteiger partial charge in [-0.15, -0.1) is 0 Å². The third-order valence-corrected chi connectivity index (χ3v) is 7.02. The monoisotopic (exact) mass is 411 g/mol. The van der Waals surface area contributed by atoms with Gasteiger partial charge in [0.05, 0.1) is 5.92 Å². The Kier molecular flexibility index (Phi) is 5.88. The number of amides is 1. The highest BCUT2D eigenvalue weighted by Crippen LogP contribution is 2.27. The molecule has 1 aromatic carbocycles. The van der Waals surface area contributed by atoms with Crippen LogP contribution >= 0.6 is 11.6 Å². The Labute approximate surface area is 163 Å². The lowest BCUT2D eigenvalue weighted by Crippen LogP contribution is -2.45. The van der Waals surface area contributed by atoms with Crippen LogP contribution in [0.15, 0.2) is 33.7 Å². The Hall–Kier alpha value is -1.90. The number of piperidine rings is 1. The molecule has 1 aromatic heterocycles. The second-order valence-electron chi connectivity index (χ2n) is 6.70. The van der Waals surface area contributed by atoms with Gasteiger partial charge in [0.1, 0.15) is 10.6 Å². The predicted molar refractivity (Wildman–Crippen MR) is 101 cm³/mol. The van der Waals surface area contributed by atoms with Crippen molar-refractivity contribution in [3.05, 3.63) is 46.3 Å². The zero-order valence-corrected chi connectivity index (χ0v) is 16.8. The van der Waals surface area contributed by atoms with Gasteiger partial charge in [0, 0.05) is 24.7 Å². The minimum absolute atomic E-state index is 0.0995. The summed E-state index contributed by atoms with van der Waals surface area (Å²) in [5.74, 6) is -0.290. The summed E-state index contributed by atoms with van der Waals surface area (Å²) in [5, 5.41) is 7.21. The maximum absolute atomic E-state index is 13.0. The van der Waals surface area contributed by atoms with Crippen molar-refractivity contribution in [3.63, 3.8) is 0 Å². The van der Waals surface area contributed by atoms with Crippen LogP contribution in [0.4, 0.5) is 0 Å². The summed E-state index contributed by atoms with van der Waals surface area (Å²) in [4.78, 5) is 12.7. The lowest BCUT2D eigenvalue weighted by atomic mass is 9.99. The van der Waals surface area contributed by atoms with Gasteiger partial charge in [0.2, 0.25) is 15.9 Å². The fraction of sp³-hybridized carbons (Fsp3) is 0.444. The number of carbonyl (C=O) groups excluding carboxylic acids is 1. The van der Waals surface area contributed by atoms with Crippen molar-refractivity contribution in [3.8, 4) is 0 Å². The fourth-order valence-corrected chi connectivity index (χ4v) is 5.36. The number of nitrogens with one attached hydrogen (secondary N) is 1. The molecule has 146 valence electrons. The van der Waals surface area contributed by atoms with Gasteiger partial charge < -0.3 is 9.84 Å². The first kappa shape index (κ1) is 19.9. The summed E-state index contributed by atoms with van der Waals surface area (Å²) in [6.07, 6.45) is 1.27. The smallest absolute Gasteiger partial charge is 0.248 e. The van der Waals surface area contributed by atoms with E-state index in [9.17, 15) is 13.2 Å². The van der Waals surface area contributed by atoms with E-state index in [0.29, 0.717) is 36.6 Å². The number of benzene rings is 1. The molecule has 9 heteroatoms. The van der Waals surface area contributed by atoms with Gasteiger partial charge in [-0.3, -0.25) is 4.79 Å². The molecule has 1 fully saturated rings. The lowest BCUT2D eigenvalue weighted by molar-refractivity contribution is -0.126. The summed E-state index contributed by atoms with van der Waals surface area (Å²) >= 11 is 5.95. The molecule has 27 heavy (non-hydrogen) atoms. The van der Waals surface area contributed by atoms with E-state index in [1.807, 2.05) is 12.1 Å². The van der Waals surface area contributed by atoms with Gasteiger partial charge in [-0.2, -0.15) is 4.31 Å². The van der Waals surface area contributed by atoms with Crippen LogP contribution in [0.2, 0.25) is 5.02 Å². The summed E-state index contributed by atoms with van der Waals surface area (Å²) in [5.41, 5.74) is 1.23. The first-order valence-electron chi connectivity index (χ1n) is 8.74. The minimum Gasteiger partial charge on any atom is -0.360 e. The number of aromatic nitrogens is 1. The summed E-state index contributed by atoms with van der Waals surface area (Å²) in [6, 6.07) is 7.26. The lowest BCUT2D eigenvalue weighted by Gasteiger charge is -2.31. The maximum Gasteiger partial charge on any atom is 0.248 e. The van der Waals surface area contributed by atoms with Crippen LogP contribution in [0.5, 0.6) is 0 Å². The zero-order valence-electron chi connectivity index (χ0n) is 15.2. The second kappa shape index (κ2) is 8.00. The van der Waals surface area contributed by atoms with Crippen LogP contribution in [-0.2, 0) is 21.4 Å². The predicted octanol–water partition coefficient (Wildman–Crippen LogP) is 2.66. The molecule has 0 aliphatic carbocycles. The average Bonchev–Trinajstić information content (AvgIpc) is 2.99. The van der Waals surface area contributed by atoms with Crippen LogP contribution in [0.1, 0.15) is 29.9 Å². The molecular formula is C18H22ClN3O4S. The molecule has 1 N–H and O–H groups in total.